The molecule has 7 N–H and O–H groups in total. The van der Waals surface area contributed by atoms with Crippen molar-refractivity contribution in [1.29, 1.82) is 0 Å². The molecule has 1 aliphatic rings. The molecule has 1 rings (SSSR count). The molecular formula is C22H31N5O12S. The summed E-state index contributed by atoms with van der Waals surface area (Å²) in [5.74, 6) is -9.76. The monoisotopic (exact) mass is 589 g/mol. The van der Waals surface area contributed by atoms with Gasteiger partial charge >= 0.3 is 17.9 Å². The van der Waals surface area contributed by atoms with Gasteiger partial charge in [-0.1, -0.05) is 0 Å². The number of carbonyl (C=O) groups excluding carboxylic acids is 6. The highest BCUT2D eigenvalue weighted by Gasteiger charge is 2.40. The van der Waals surface area contributed by atoms with E-state index in [9.17, 15) is 48.3 Å². The number of rotatable bonds is 17. The summed E-state index contributed by atoms with van der Waals surface area (Å²) in [6.45, 7) is 2.92. The Morgan fingerprint density at radius 3 is 1.90 bits per heavy atom. The van der Waals surface area contributed by atoms with Gasteiger partial charge in [-0.3, -0.25) is 43.3 Å². The molecule has 18 heteroatoms. The molecule has 4 atom stereocenters. The highest BCUT2D eigenvalue weighted by atomic mass is 32.2. The number of hydrogen-bond donors (Lipinski definition) is 7. The number of hydrogen-bond acceptors (Lipinski definition) is 10. The minimum absolute atomic E-state index is 0.109. The van der Waals surface area contributed by atoms with Crippen molar-refractivity contribution in [3.05, 3.63) is 0 Å². The summed E-state index contributed by atoms with van der Waals surface area (Å²) >= 11 is 0.756. The van der Waals surface area contributed by atoms with Crippen molar-refractivity contribution in [2.45, 2.75) is 62.9 Å². The Hall–Kier alpha value is -4.22. The summed E-state index contributed by atoms with van der Waals surface area (Å²) in [7, 11) is 0. The lowest BCUT2D eigenvalue weighted by Gasteiger charge is -2.23. The highest BCUT2D eigenvalue weighted by Crippen LogP contribution is 2.26. The molecule has 17 nitrogen and oxygen atoms in total. The SMILES string of the molecule is CCNC(=O)CCN1C(=O)CC(SC[C@H](NC(=O)[C@H](CC(=O)O)NC(=O)[C@H](CC(=O)O)NC(C)=O)C(=O)O)C1=O. The molecule has 1 heterocycles. The van der Waals surface area contributed by atoms with E-state index in [1.165, 1.54) is 0 Å². The van der Waals surface area contributed by atoms with Crippen LogP contribution in [0.5, 0.6) is 0 Å². The zero-order valence-corrected chi connectivity index (χ0v) is 22.4. The van der Waals surface area contributed by atoms with Gasteiger partial charge in [-0.05, 0) is 6.92 Å². The summed E-state index contributed by atoms with van der Waals surface area (Å²) < 4.78 is 0. The van der Waals surface area contributed by atoms with Gasteiger partial charge in [-0.25, -0.2) is 4.79 Å². The summed E-state index contributed by atoms with van der Waals surface area (Å²) in [5, 5.41) is 35.3. The van der Waals surface area contributed by atoms with Gasteiger partial charge in [0.25, 0.3) is 0 Å². The van der Waals surface area contributed by atoms with Gasteiger partial charge in [0.2, 0.25) is 35.4 Å². The molecule has 222 valence electrons. The quantitative estimate of drug-likeness (QED) is 0.0829. The molecule has 0 aromatic carbocycles. The van der Waals surface area contributed by atoms with E-state index in [1.807, 2.05) is 5.32 Å². The molecule has 1 aliphatic heterocycles. The van der Waals surface area contributed by atoms with Crippen LogP contribution in [-0.2, 0) is 43.2 Å². The Balaban J connectivity index is 2.88. The molecule has 1 saturated heterocycles. The van der Waals surface area contributed by atoms with Crippen LogP contribution in [0.25, 0.3) is 0 Å². The van der Waals surface area contributed by atoms with E-state index in [4.69, 9.17) is 10.2 Å². The number of imide groups is 1. The van der Waals surface area contributed by atoms with E-state index < -0.39 is 89.4 Å². The number of likely N-dealkylation sites (tertiary alicyclic amines) is 1. The Morgan fingerprint density at radius 2 is 1.43 bits per heavy atom. The Labute approximate surface area is 231 Å². The predicted molar refractivity (Wildman–Crippen MR) is 134 cm³/mol. The highest BCUT2D eigenvalue weighted by molar-refractivity contribution is 8.00. The van der Waals surface area contributed by atoms with Gasteiger partial charge in [0, 0.05) is 38.6 Å². The van der Waals surface area contributed by atoms with E-state index in [0.29, 0.717) is 6.54 Å². The van der Waals surface area contributed by atoms with Crippen LogP contribution in [0.4, 0.5) is 0 Å². The van der Waals surface area contributed by atoms with Gasteiger partial charge in [-0.15, -0.1) is 11.8 Å². The smallest absolute Gasteiger partial charge is 0.327 e. The number of carbonyl (C=O) groups is 9. The van der Waals surface area contributed by atoms with E-state index in [1.54, 1.807) is 6.92 Å². The molecule has 0 aliphatic carbocycles. The molecule has 6 amide bonds. The third-order valence-corrected chi connectivity index (χ3v) is 6.60. The standard InChI is InChI=1S/C22H31N5O12S/c1-3-23-15(29)4-5-27-16(30)8-14(21(27)37)40-9-13(22(38)39)26-20(36)12(7-18(33)34)25-19(35)11(6-17(31)32)24-10(2)28/h11-14H,3-9H2,1-2H3,(H,23,29)(H,24,28)(H,25,35)(H,26,36)(H,31,32)(H,33,34)(H,38,39)/t11-,12-,13-,14?/m0/s1. The van der Waals surface area contributed by atoms with Crippen molar-refractivity contribution in [3.63, 3.8) is 0 Å². The van der Waals surface area contributed by atoms with Crippen LogP contribution in [0.15, 0.2) is 0 Å². The van der Waals surface area contributed by atoms with E-state index in [0.717, 1.165) is 23.6 Å². The first kappa shape index (κ1) is 33.8. The minimum atomic E-state index is -1.85. The fourth-order valence-corrected chi connectivity index (χ4v) is 4.64. The van der Waals surface area contributed by atoms with Crippen molar-refractivity contribution >= 4 is 65.1 Å². The number of carboxylic acids is 3. The van der Waals surface area contributed by atoms with Gasteiger partial charge in [0.1, 0.15) is 18.1 Å². The molecule has 1 fully saturated rings. The fraction of sp³-hybridized carbons (Fsp3) is 0.591. The van der Waals surface area contributed by atoms with Crippen LogP contribution in [0.1, 0.15) is 39.5 Å². The molecule has 0 aromatic heterocycles. The first-order valence-corrected chi connectivity index (χ1v) is 13.0. The third-order valence-electron chi connectivity index (χ3n) is 5.30. The van der Waals surface area contributed by atoms with E-state index in [2.05, 4.69) is 16.0 Å². The van der Waals surface area contributed by atoms with Crippen LogP contribution in [0.3, 0.4) is 0 Å². The number of aliphatic carboxylic acids is 3. The van der Waals surface area contributed by atoms with Crippen LogP contribution in [-0.4, -0.2) is 116 Å². The first-order valence-electron chi connectivity index (χ1n) is 11.9. The van der Waals surface area contributed by atoms with Crippen molar-refractivity contribution < 1.29 is 58.5 Å². The largest absolute Gasteiger partial charge is 0.481 e. The van der Waals surface area contributed by atoms with E-state index >= 15 is 0 Å². The van der Waals surface area contributed by atoms with Gasteiger partial charge < -0.3 is 36.6 Å². The average molecular weight is 590 g/mol. The van der Waals surface area contributed by atoms with Crippen molar-refractivity contribution in [3.8, 4) is 0 Å². The number of thioether (sulfide) groups is 1. The molecule has 0 bridgehead atoms. The number of nitrogens with one attached hydrogen (secondary N) is 4. The first-order chi connectivity index (χ1) is 18.7. The maximum Gasteiger partial charge on any atom is 0.327 e. The zero-order valence-electron chi connectivity index (χ0n) is 21.6. The van der Waals surface area contributed by atoms with Gasteiger partial charge in [0.05, 0.1) is 18.1 Å². The maximum atomic E-state index is 12.7. The van der Waals surface area contributed by atoms with Crippen molar-refractivity contribution in [1.82, 2.24) is 26.2 Å². The second-order valence-corrected chi connectivity index (χ2v) is 9.76. The molecule has 0 aromatic rings. The average Bonchev–Trinajstić information content (AvgIpc) is 3.10. The van der Waals surface area contributed by atoms with Gasteiger partial charge in [-0.2, -0.15) is 0 Å². The Kier molecular flexibility index (Phi) is 13.5. The fourth-order valence-electron chi connectivity index (χ4n) is 3.46. The second-order valence-electron chi connectivity index (χ2n) is 8.52. The second kappa shape index (κ2) is 16.0. The molecule has 0 radical (unpaired) electrons. The number of nitrogens with zero attached hydrogens (tertiary/aromatic N) is 1. The molecule has 0 saturated carbocycles. The number of carboxylic acid groups (broad SMARTS) is 3. The molecule has 1 unspecified atom stereocenters. The van der Waals surface area contributed by atoms with E-state index in [-0.39, 0.29) is 25.3 Å². The lowest BCUT2D eigenvalue weighted by molar-refractivity contribution is -0.144. The predicted octanol–water partition coefficient (Wildman–Crippen LogP) is -3.12. The number of amides is 6. The third kappa shape index (κ3) is 11.3. The molecular weight excluding hydrogens is 558 g/mol. The Bertz CT molecular complexity index is 1040. The summed E-state index contributed by atoms with van der Waals surface area (Å²) in [6.07, 6.45) is -2.25. The summed E-state index contributed by atoms with van der Waals surface area (Å²) in [5.41, 5.74) is 0. The lowest BCUT2D eigenvalue weighted by Crippen LogP contribution is -2.56. The van der Waals surface area contributed by atoms with Gasteiger partial charge in [0.15, 0.2) is 0 Å². The van der Waals surface area contributed by atoms with Crippen LogP contribution in [0.2, 0.25) is 0 Å². The normalized spacial score (nSPS) is 16.9. The van der Waals surface area contributed by atoms with Crippen LogP contribution in [0, 0.1) is 0 Å². The topological polar surface area (TPSA) is 266 Å². The van der Waals surface area contributed by atoms with Crippen LogP contribution < -0.4 is 21.3 Å². The Morgan fingerprint density at radius 1 is 0.900 bits per heavy atom. The maximum absolute atomic E-state index is 12.7. The lowest BCUT2D eigenvalue weighted by atomic mass is 10.1. The molecule has 40 heavy (non-hydrogen) atoms. The minimum Gasteiger partial charge on any atom is -0.481 e. The van der Waals surface area contributed by atoms with Crippen LogP contribution >= 0.6 is 11.8 Å². The summed E-state index contributed by atoms with van der Waals surface area (Å²) in [4.78, 5) is 108. The zero-order chi connectivity index (χ0) is 30.6. The van der Waals surface area contributed by atoms with Crippen molar-refractivity contribution in [2.75, 3.05) is 18.8 Å². The molecule has 0 spiro atoms. The van der Waals surface area contributed by atoms with Crippen molar-refractivity contribution in [2.24, 2.45) is 0 Å². The summed E-state index contributed by atoms with van der Waals surface area (Å²) in [6, 6.07) is -5.17.